The summed E-state index contributed by atoms with van der Waals surface area (Å²) in [7, 11) is 0. The van der Waals surface area contributed by atoms with Crippen LogP contribution in [0.4, 0.5) is 17.2 Å². The molecule has 3 aromatic rings. The lowest BCUT2D eigenvalue weighted by Gasteiger charge is -2.17. The monoisotopic (exact) mass is 373 g/mol. The van der Waals surface area contributed by atoms with Gasteiger partial charge in [0.15, 0.2) is 0 Å². The number of para-hydroxylation sites is 1. The quantitative estimate of drug-likeness (QED) is 0.561. The van der Waals surface area contributed by atoms with Crippen LogP contribution >= 0.6 is 0 Å². The van der Waals surface area contributed by atoms with E-state index in [1.807, 2.05) is 57.2 Å². The van der Waals surface area contributed by atoms with Gasteiger partial charge in [-0.3, -0.25) is 9.78 Å². The van der Waals surface area contributed by atoms with Crippen LogP contribution in [0.25, 0.3) is 0 Å². The maximum absolute atomic E-state index is 13.1. The maximum Gasteiger partial charge on any atom is 0.256 e. The third kappa shape index (κ3) is 4.06. The highest BCUT2D eigenvalue weighted by Crippen LogP contribution is 2.26. The van der Waals surface area contributed by atoms with Gasteiger partial charge in [-0.05, 0) is 57.5 Å². The van der Waals surface area contributed by atoms with Crippen molar-refractivity contribution >= 4 is 28.8 Å². The van der Waals surface area contributed by atoms with Gasteiger partial charge in [-0.2, -0.15) is 0 Å². The molecular weight excluding hydrogens is 350 g/mol. The van der Waals surface area contributed by atoms with E-state index in [4.69, 9.17) is 5.41 Å². The number of benzene rings is 1. The molecule has 2 aromatic heterocycles. The molecule has 2 heterocycles. The number of aromatic nitrogens is 2. The maximum atomic E-state index is 13.1. The highest BCUT2D eigenvalue weighted by atomic mass is 16.1. The zero-order chi connectivity index (χ0) is 20.3. The van der Waals surface area contributed by atoms with Crippen LogP contribution in [0.5, 0.6) is 0 Å². The third-order valence-corrected chi connectivity index (χ3v) is 4.39. The minimum Gasteiger partial charge on any atom is -0.340 e. The van der Waals surface area contributed by atoms with E-state index in [9.17, 15) is 4.79 Å². The minimum atomic E-state index is -0.289. The van der Waals surface area contributed by atoms with Gasteiger partial charge in [0.05, 0.1) is 22.5 Å². The fourth-order valence-electron chi connectivity index (χ4n) is 3.04. The van der Waals surface area contributed by atoms with Crippen molar-refractivity contribution in [2.45, 2.75) is 27.7 Å². The van der Waals surface area contributed by atoms with Gasteiger partial charge in [0.1, 0.15) is 5.82 Å². The molecule has 0 unspecified atom stereocenters. The molecule has 0 saturated carbocycles. The molecule has 6 heteroatoms. The highest BCUT2D eigenvalue weighted by molar-refractivity contribution is 6.15. The number of rotatable bonds is 5. The summed E-state index contributed by atoms with van der Waals surface area (Å²) in [6.45, 7) is 7.26. The summed E-state index contributed by atoms with van der Waals surface area (Å²) in [6, 6.07) is 13.1. The first kappa shape index (κ1) is 19.2. The van der Waals surface area contributed by atoms with Gasteiger partial charge in [0, 0.05) is 23.3 Å². The zero-order valence-corrected chi connectivity index (χ0v) is 16.4. The van der Waals surface area contributed by atoms with E-state index in [-0.39, 0.29) is 11.6 Å². The molecule has 1 amide bonds. The summed E-state index contributed by atoms with van der Waals surface area (Å²) in [5, 5.41) is 14.4. The summed E-state index contributed by atoms with van der Waals surface area (Å²) >= 11 is 0. The van der Waals surface area contributed by atoms with Crippen molar-refractivity contribution in [2.75, 3.05) is 10.6 Å². The molecule has 0 aliphatic rings. The Labute approximate surface area is 164 Å². The second kappa shape index (κ2) is 8.00. The summed E-state index contributed by atoms with van der Waals surface area (Å²) in [5.74, 6) is 0.200. The van der Waals surface area contributed by atoms with Crippen molar-refractivity contribution in [3.05, 3.63) is 76.7 Å². The van der Waals surface area contributed by atoms with Gasteiger partial charge in [-0.1, -0.05) is 18.2 Å². The third-order valence-electron chi connectivity index (χ3n) is 4.39. The topological polar surface area (TPSA) is 90.8 Å². The molecular formula is C22H23N5O. The van der Waals surface area contributed by atoms with Gasteiger partial charge in [0.2, 0.25) is 0 Å². The number of hydrogen-bond donors (Lipinski definition) is 3. The molecule has 3 N–H and O–H groups in total. The standard InChI is InChI=1S/C22H23N5O/c1-13-10-11-24-16(4)20(13)27-22(28)18-12-14(2)25-21(19(18)15(3)23)26-17-8-6-5-7-9-17/h5-12,23H,1-4H3,(H,25,26)(H,27,28). The number of hydrogen-bond acceptors (Lipinski definition) is 5. The molecule has 28 heavy (non-hydrogen) atoms. The Balaban J connectivity index is 2.05. The highest BCUT2D eigenvalue weighted by Gasteiger charge is 2.20. The Hall–Kier alpha value is -3.54. The van der Waals surface area contributed by atoms with Gasteiger partial charge < -0.3 is 16.0 Å². The van der Waals surface area contributed by atoms with Crippen molar-refractivity contribution in [1.82, 2.24) is 9.97 Å². The molecule has 0 saturated heterocycles. The van der Waals surface area contributed by atoms with Crippen LogP contribution in [-0.4, -0.2) is 21.6 Å². The smallest absolute Gasteiger partial charge is 0.256 e. The van der Waals surface area contributed by atoms with E-state index in [0.717, 1.165) is 16.9 Å². The van der Waals surface area contributed by atoms with Gasteiger partial charge >= 0.3 is 0 Å². The van der Waals surface area contributed by atoms with Crippen LogP contribution in [0, 0.1) is 26.2 Å². The number of nitrogens with one attached hydrogen (secondary N) is 3. The summed E-state index contributed by atoms with van der Waals surface area (Å²) in [6.07, 6.45) is 1.71. The molecule has 0 aliphatic carbocycles. The van der Waals surface area contributed by atoms with Crippen LogP contribution < -0.4 is 10.6 Å². The first-order valence-corrected chi connectivity index (χ1v) is 8.99. The fraction of sp³-hybridized carbons (Fsp3) is 0.182. The van der Waals surface area contributed by atoms with Crippen molar-refractivity contribution in [2.24, 2.45) is 0 Å². The molecule has 3 rings (SSSR count). The number of nitrogens with zero attached hydrogens (tertiary/aromatic N) is 2. The predicted molar refractivity (Wildman–Crippen MR) is 113 cm³/mol. The Morgan fingerprint density at radius 2 is 1.79 bits per heavy atom. The lowest BCUT2D eigenvalue weighted by molar-refractivity contribution is 0.102. The minimum absolute atomic E-state index is 0.260. The SMILES string of the molecule is CC(=N)c1c(C(=O)Nc2c(C)ccnc2C)cc(C)nc1Nc1ccccc1. The fourth-order valence-corrected chi connectivity index (χ4v) is 3.04. The molecule has 0 bridgehead atoms. The lowest BCUT2D eigenvalue weighted by Crippen LogP contribution is -2.19. The van der Waals surface area contributed by atoms with Gasteiger partial charge in [-0.15, -0.1) is 0 Å². The molecule has 1 aromatic carbocycles. The number of amides is 1. The number of carbonyl (C=O) groups is 1. The summed E-state index contributed by atoms with van der Waals surface area (Å²) < 4.78 is 0. The Bertz CT molecular complexity index is 1020. The van der Waals surface area contributed by atoms with Crippen LogP contribution in [0.2, 0.25) is 0 Å². The first-order valence-electron chi connectivity index (χ1n) is 8.99. The van der Waals surface area contributed by atoms with E-state index in [2.05, 4.69) is 20.6 Å². The van der Waals surface area contributed by atoms with Gasteiger partial charge in [0.25, 0.3) is 5.91 Å². The second-order valence-corrected chi connectivity index (χ2v) is 6.69. The number of pyridine rings is 2. The van der Waals surface area contributed by atoms with E-state index in [0.29, 0.717) is 28.3 Å². The van der Waals surface area contributed by atoms with E-state index in [1.54, 1.807) is 19.2 Å². The van der Waals surface area contributed by atoms with Crippen molar-refractivity contribution in [3.8, 4) is 0 Å². The Morgan fingerprint density at radius 1 is 1.07 bits per heavy atom. The van der Waals surface area contributed by atoms with Crippen molar-refractivity contribution in [3.63, 3.8) is 0 Å². The Morgan fingerprint density at radius 3 is 2.43 bits per heavy atom. The van der Waals surface area contributed by atoms with Crippen LogP contribution in [0.1, 0.15) is 39.8 Å². The second-order valence-electron chi connectivity index (χ2n) is 6.69. The molecule has 6 nitrogen and oxygen atoms in total. The average molecular weight is 373 g/mol. The Kier molecular flexibility index (Phi) is 5.49. The van der Waals surface area contributed by atoms with Crippen molar-refractivity contribution < 1.29 is 4.79 Å². The molecule has 0 atom stereocenters. The number of carbonyl (C=O) groups excluding carboxylic acids is 1. The molecule has 0 spiro atoms. The van der Waals surface area contributed by atoms with Crippen LogP contribution in [-0.2, 0) is 0 Å². The first-order chi connectivity index (χ1) is 13.4. The lowest BCUT2D eigenvalue weighted by atomic mass is 10.0. The summed E-state index contributed by atoms with van der Waals surface area (Å²) in [4.78, 5) is 21.9. The van der Waals surface area contributed by atoms with E-state index in [1.165, 1.54) is 0 Å². The molecule has 0 radical (unpaired) electrons. The largest absolute Gasteiger partial charge is 0.340 e. The average Bonchev–Trinajstić information content (AvgIpc) is 2.64. The molecule has 142 valence electrons. The normalized spacial score (nSPS) is 10.4. The van der Waals surface area contributed by atoms with Crippen molar-refractivity contribution in [1.29, 1.82) is 5.41 Å². The van der Waals surface area contributed by atoms with Gasteiger partial charge in [-0.25, -0.2) is 4.98 Å². The summed E-state index contributed by atoms with van der Waals surface area (Å²) in [5.41, 5.74) is 5.04. The molecule has 0 aliphatic heterocycles. The van der Waals surface area contributed by atoms with E-state index < -0.39 is 0 Å². The van der Waals surface area contributed by atoms with Crippen LogP contribution in [0.3, 0.4) is 0 Å². The molecule has 0 fully saturated rings. The zero-order valence-electron chi connectivity index (χ0n) is 16.4. The van der Waals surface area contributed by atoms with Crippen LogP contribution in [0.15, 0.2) is 48.7 Å². The predicted octanol–water partition coefficient (Wildman–Crippen LogP) is 4.79. The number of aryl methyl sites for hydroxylation is 3. The number of anilines is 3. The van der Waals surface area contributed by atoms with E-state index >= 15 is 0 Å².